The molecule has 5 nitrogen and oxygen atoms in total. The molecule has 25 heavy (non-hydrogen) atoms. The van der Waals surface area contributed by atoms with Gasteiger partial charge in [0.15, 0.2) is 5.76 Å². The predicted molar refractivity (Wildman–Crippen MR) is 97.0 cm³/mol. The summed E-state index contributed by atoms with van der Waals surface area (Å²) in [5, 5.41) is 5.60. The van der Waals surface area contributed by atoms with E-state index in [9.17, 15) is 9.59 Å². The van der Waals surface area contributed by atoms with Crippen molar-refractivity contribution >= 4 is 23.2 Å². The smallest absolute Gasteiger partial charge is 0.291 e. The van der Waals surface area contributed by atoms with E-state index in [0.717, 1.165) is 16.8 Å². The van der Waals surface area contributed by atoms with Crippen LogP contribution in [-0.2, 0) is 0 Å². The van der Waals surface area contributed by atoms with Gasteiger partial charge in [0.25, 0.3) is 11.8 Å². The van der Waals surface area contributed by atoms with Gasteiger partial charge in [0, 0.05) is 16.9 Å². The zero-order valence-corrected chi connectivity index (χ0v) is 14.0. The van der Waals surface area contributed by atoms with E-state index in [-0.39, 0.29) is 17.6 Å². The van der Waals surface area contributed by atoms with Crippen LogP contribution in [0.25, 0.3) is 0 Å². The fraction of sp³-hybridized carbons (Fsp3) is 0.100. The number of carbonyl (C=O) groups is 2. The molecule has 0 saturated carbocycles. The molecule has 0 spiro atoms. The lowest BCUT2D eigenvalue weighted by molar-refractivity contribution is 0.0993. The molecule has 0 bridgehead atoms. The van der Waals surface area contributed by atoms with Crippen molar-refractivity contribution < 1.29 is 14.0 Å². The number of furan rings is 1. The van der Waals surface area contributed by atoms with Gasteiger partial charge in [0.2, 0.25) is 0 Å². The van der Waals surface area contributed by atoms with Crippen LogP contribution in [0.5, 0.6) is 0 Å². The van der Waals surface area contributed by atoms with Crippen LogP contribution in [0, 0.1) is 13.8 Å². The minimum absolute atomic E-state index is 0.213. The molecule has 0 unspecified atom stereocenters. The van der Waals surface area contributed by atoms with Gasteiger partial charge in [-0.15, -0.1) is 0 Å². The number of nitrogens with one attached hydrogen (secondary N) is 2. The van der Waals surface area contributed by atoms with Gasteiger partial charge in [-0.3, -0.25) is 9.59 Å². The third kappa shape index (κ3) is 3.95. The number of benzene rings is 2. The minimum atomic E-state index is -0.364. The summed E-state index contributed by atoms with van der Waals surface area (Å²) < 4.78 is 5.06. The lowest BCUT2D eigenvalue weighted by Crippen LogP contribution is -2.14. The van der Waals surface area contributed by atoms with E-state index < -0.39 is 0 Å². The standard InChI is InChI=1S/C20H18N2O3/c1-13-8-9-17(14(2)11-13)22-19(23)15-5-3-6-16(12-15)21-20(24)18-7-4-10-25-18/h3-12H,1-2H3,(H,21,24)(H,22,23). The van der Waals surface area contributed by atoms with Crippen molar-refractivity contribution in [3.05, 3.63) is 83.3 Å². The second-order valence-electron chi connectivity index (χ2n) is 5.78. The van der Waals surface area contributed by atoms with E-state index in [1.165, 1.54) is 6.26 Å². The molecule has 2 N–H and O–H groups in total. The summed E-state index contributed by atoms with van der Waals surface area (Å²) in [6, 6.07) is 15.8. The maximum absolute atomic E-state index is 12.5. The Hall–Kier alpha value is -3.34. The molecule has 0 aliphatic rings. The zero-order chi connectivity index (χ0) is 17.8. The van der Waals surface area contributed by atoms with Crippen molar-refractivity contribution in [3.8, 4) is 0 Å². The summed E-state index contributed by atoms with van der Waals surface area (Å²) in [5.41, 5.74) is 3.88. The number of hydrogen-bond donors (Lipinski definition) is 2. The highest BCUT2D eigenvalue weighted by Crippen LogP contribution is 2.18. The van der Waals surface area contributed by atoms with E-state index >= 15 is 0 Å². The Morgan fingerprint density at radius 1 is 0.880 bits per heavy atom. The van der Waals surface area contributed by atoms with Crippen LogP contribution < -0.4 is 10.6 Å². The highest BCUT2D eigenvalue weighted by atomic mass is 16.3. The molecule has 126 valence electrons. The molecule has 5 heteroatoms. The first-order valence-electron chi connectivity index (χ1n) is 7.86. The molecule has 3 aromatic rings. The molecule has 0 atom stereocenters. The van der Waals surface area contributed by atoms with Crippen LogP contribution in [0.1, 0.15) is 32.0 Å². The van der Waals surface area contributed by atoms with Gasteiger partial charge >= 0.3 is 0 Å². The van der Waals surface area contributed by atoms with Gasteiger partial charge < -0.3 is 15.1 Å². The van der Waals surface area contributed by atoms with Gasteiger partial charge in [-0.1, -0.05) is 23.8 Å². The maximum Gasteiger partial charge on any atom is 0.291 e. The molecule has 3 rings (SSSR count). The Labute approximate surface area is 145 Å². The van der Waals surface area contributed by atoms with Crippen LogP contribution in [0.3, 0.4) is 0 Å². The predicted octanol–water partition coefficient (Wildman–Crippen LogP) is 4.40. The van der Waals surface area contributed by atoms with Gasteiger partial charge in [-0.2, -0.15) is 0 Å². The molecule has 2 aromatic carbocycles. The molecule has 0 radical (unpaired) electrons. The first kappa shape index (κ1) is 16.5. The largest absolute Gasteiger partial charge is 0.459 e. The molecule has 0 aliphatic carbocycles. The topological polar surface area (TPSA) is 71.3 Å². The van der Waals surface area contributed by atoms with Crippen LogP contribution >= 0.6 is 0 Å². The second kappa shape index (κ2) is 7.05. The van der Waals surface area contributed by atoms with E-state index in [0.29, 0.717) is 11.3 Å². The normalized spacial score (nSPS) is 10.3. The number of aryl methyl sites for hydroxylation is 2. The van der Waals surface area contributed by atoms with Gasteiger partial charge in [-0.05, 0) is 55.8 Å². The SMILES string of the molecule is Cc1ccc(NC(=O)c2cccc(NC(=O)c3ccco3)c2)c(C)c1. The monoisotopic (exact) mass is 334 g/mol. The summed E-state index contributed by atoms with van der Waals surface area (Å²) in [6.45, 7) is 3.95. The van der Waals surface area contributed by atoms with E-state index in [2.05, 4.69) is 10.6 Å². The Balaban J connectivity index is 1.74. The van der Waals surface area contributed by atoms with E-state index in [1.807, 2.05) is 32.0 Å². The van der Waals surface area contributed by atoms with Gasteiger partial charge in [-0.25, -0.2) is 0 Å². The summed E-state index contributed by atoms with van der Waals surface area (Å²) in [5.74, 6) is -0.386. The van der Waals surface area contributed by atoms with Crippen molar-refractivity contribution in [3.63, 3.8) is 0 Å². The average Bonchev–Trinajstić information content (AvgIpc) is 3.12. The molecule has 0 aliphatic heterocycles. The molecule has 1 aromatic heterocycles. The van der Waals surface area contributed by atoms with Crippen LogP contribution in [0.15, 0.2) is 65.3 Å². The zero-order valence-electron chi connectivity index (χ0n) is 14.0. The Kier molecular flexibility index (Phi) is 4.66. The Bertz CT molecular complexity index is 914. The van der Waals surface area contributed by atoms with Crippen molar-refractivity contribution in [2.75, 3.05) is 10.6 Å². The van der Waals surface area contributed by atoms with Crippen LogP contribution in [0.2, 0.25) is 0 Å². The lowest BCUT2D eigenvalue weighted by atomic mass is 10.1. The first-order chi connectivity index (χ1) is 12.0. The van der Waals surface area contributed by atoms with Crippen molar-refractivity contribution in [1.82, 2.24) is 0 Å². The summed E-state index contributed by atoms with van der Waals surface area (Å²) in [6.07, 6.45) is 1.43. The molecule has 1 heterocycles. The fourth-order valence-electron chi connectivity index (χ4n) is 2.49. The van der Waals surface area contributed by atoms with Crippen molar-refractivity contribution in [2.24, 2.45) is 0 Å². The van der Waals surface area contributed by atoms with Gasteiger partial charge in [0.1, 0.15) is 0 Å². The molecular weight excluding hydrogens is 316 g/mol. The second-order valence-corrected chi connectivity index (χ2v) is 5.78. The van der Waals surface area contributed by atoms with E-state index in [1.54, 1.807) is 36.4 Å². The Morgan fingerprint density at radius 2 is 1.72 bits per heavy atom. The molecule has 2 amide bonds. The molecule has 0 saturated heterocycles. The van der Waals surface area contributed by atoms with Crippen LogP contribution in [-0.4, -0.2) is 11.8 Å². The van der Waals surface area contributed by atoms with E-state index in [4.69, 9.17) is 4.42 Å². The quantitative estimate of drug-likeness (QED) is 0.743. The highest BCUT2D eigenvalue weighted by Gasteiger charge is 2.12. The highest BCUT2D eigenvalue weighted by molar-refractivity contribution is 6.06. The molecular formula is C20H18N2O3. The minimum Gasteiger partial charge on any atom is -0.459 e. The Morgan fingerprint density at radius 3 is 2.44 bits per heavy atom. The summed E-state index contributed by atoms with van der Waals surface area (Å²) in [7, 11) is 0. The average molecular weight is 334 g/mol. The van der Waals surface area contributed by atoms with Gasteiger partial charge in [0.05, 0.1) is 6.26 Å². The number of amides is 2. The fourth-order valence-corrected chi connectivity index (χ4v) is 2.49. The maximum atomic E-state index is 12.5. The third-order valence-corrected chi connectivity index (χ3v) is 3.76. The first-order valence-corrected chi connectivity index (χ1v) is 7.86. The lowest BCUT2D eigenvalue weighted by Gasteiger charge is -2.10. The molecule has 0 fully saturated rings. The van der Waals surface area contributed by atoms with Crippen molar-refractivity contribution in [1.29, 1.82) is 0 Å². The number of carbonyl (C=O) groups excluding carboxylic acids is 2. The van der Waals surface area contributed by atoms with Crippen molar-refractivity contribution in [2.45, 2.75) is 13.8 Å². The van der Waals surface area contributed by atoms with Crippen LogP contribution in [0.4, 0.5) is 11.4 Å². The number of rotatable bonds is 4. The number of anilines is 2. The summed E-state index contributed by atoms with van der Waals surface area (Å²) in [4.78, 5) is 24.5. The number of hydrogen-bond acceptors (Lipinski definition) is 3. The third-order valence-electron chi connectivity index (χ3n) is 3.76. The summed E-state index contributed by atoms with van der Waals surface area (Å²) >= 11 is 0.